The topological polar surface area (TPSA) is 28.2 Å². The summed E-state index contributed by atoms with van der Waals surface area (Å²) in [6.45, 7) is 9.16. The highest BCUT2D eigenvalue weighted by Gasteiger charge is 2.12. The molecule has 0 aliphatic carbocycles. The summed E-state index contributed by atoms with van der Waals surface area (Å²) in [5.41, 5.74) is 3.11. The van der Waals surface area contributed by atoms with Crippen LogP contribution in [0.2, 0.25) is 0 Å². The highest BCUT2D eigenvalue weighted by molar-refractivity contribution is 7.09. The lowest BCUT2D eigenvalue weighted by atomic mass is 10.1. The van der Waals surface area contributed by atoms with Gasteiger partial charge < -0.3 is 10.2 Å². The summed E-state index contributed by atoms with van der Waals surface area (Å²) in [6, 6.07) is 0.437. The average molecular weight is 253 g/mol. The van der Waals surface area contributed by atoms with Crippen molar-refractivity contribution < 1.29 is 0 Å². The van der Waals surface area contributed by atoms with Crippen molar-refractivity contribution in [3.63, 3.8) is 0 Å². The molecule has 1 aromatic rings. The lowest BCUT2D eigenvalue weighted by Gasteiger charge is -2.27. The Labute approximate surface area is 108 Å². The summed E-state index contributed by atoms with van der Waals surface area (Å²) in [4.78, 5) is 8.25. The van der Waals surface area contributed by atoms with Gasteiger partial charge >= 0.3 is 0 Å². The Kier molecular flexibility index (Phi) is 4.95. The van der Waals surface area contributed by atoms with Gasteiger partial charge in [0.05, 0.1) is 11.2 Å². The molecule has 0 amide bonds. The SMILES string of the molecule is Cc1ncsc1C(C)NCCN1CCCCC1. The molecule has 4 heteroatoms. The largest absolute Gasteiger partial charge is 0.308 e. The molecule has 1 fully saturated rings. The molecule has 2 heterocycles. The Morgan fingerprint density at radius 2 is 2.18 bits per heavy atom. The van der Waals surface area contributed by atoms with Crippen LogP contribution in [0.25, 0.3) is 0 Å². The zero-order chi connectivity index (χ0) is 12.1. The molecule has 1 aliphatic rings. The van der Waals surface area contributed by atoms with E-state index in [1.807, 2.05) is 5.51 Å². The van der Waals surface area contributed by atoms with Crippen LogP contribution in [-0.2, 0) is 0 Å². The lowest BCUT2D eigenvalue weighted by molar-refractivity contribution is 0.227. The number of piperidine rings is 1. The standard InChI is InChI=1S/C13H23N3S/c1-11(13-12(2)15-10-17-13)14-6-9-16-7-4-3-5-8-16/h10-11,14H,3-9H2,1-2H3. The summed E-state index contributed by atoms with van der Waals surface area (Å²) in [5, 5.41) is 3.60. The molecule has 1 saturated heterocycles. The zero-order valence-electron chi connectivity index (χ0n) is 10.9. The van der Waals surface area contributed by atoms with E-state index in [1.54, 1.807) is 11.3 Å². The fourth-order valence-corrected chi connectivity index (χ4v) is 3.28. The van der Waals surface area contributed by atoms with Crippen LogP contribution in [0.3, 0.4) is 0 Å². The molecule has 2 rings (SSSR count). The van der Waals surface area contributed by atoms with Crippen molar-refractivity contribution in [1.29, 1.82) is 0 Å². The molecule has 1 aromatic heterocycles. The predicted octanol–water partition coefficient (Wildman–Crippen LogP) is 2.59. The van der Waals surface area contributed by atoms with Crippen molar-refractivity contribution in [2.75, 3.05) is 26.2 Å². The molecule has 0 spiro atoms. The van der Waals surface area contributed by atoms with Crippen molar-refractivity contribution in [1.82, 2.24) is 15.2 Å². The second kappa shape index (κ2) is 6.47. The number of nitrogens with one attached hydrogen (secondary N) is 1. The van der Waals surface area contributed by atoms with Crippen LogP contribution in [0, 0.1) is 6.92 Å². The first kappa shape index (κ1) is 13.0. The van der Waals surface area contributed by atoms with Crippen molar-refractivity contribution in [2.45, 2.75) is 39.2 Å². The van der Waals surface area contributed by atoms with Gasteiger partial charge in [0.2, 0.25) is 0 Å². The van der Waals surface area contributed by atoms with E-state index in [-0.39, 0.29) is 0 Å². The summed E-state index contributed by atoms with van der Waals surface area (Å²) < 4.78 is 0. The average Bonchev–Trinajstić information content (AvgIpc) is 2.77. The van der Waals surface area contributed by atoms with E-state index in [4.69, 9.17) is 0 Å². The highest BCUT2D eigenvalue weighted by atomic mass is 32.1. The molecule has 1 atom stereocenters. The van der Waals surface area contributed by atoms with E-state index < -0.39 is 0 Å². The first-order chi connectivity index (χ1) is 8.27. The molecular formula is C13H23N3S. The quantitative estimate of drug-likeness (QED) is 0.874. The molecule has 1 unspecified atom stereocenters. The summed E-state index contributed by atoms with van der Waals surface area (Å²) in [5.74, 6) is 0. The molecule has 3 nitrogen and oxygen atoms in total. The van der Waals surface area contributed by atoms with E-state index in [9.17, 15) is 0 Å². The minimum absolute atomic E-state index is 0.437. The second-order valence-corrected chi connectivity index (χ2v) is 5.77. The van der Waals surface area contributed by atoms with E-state index in [0.29, 0.717) is 6.04 Å². The Bertz CT molecular complexity index is 331. The van der Waals surface area contributed by atoms with Gasteiger partial charge in [-0.05, 0) is 39.8 Å². The van der Waals surface area contributed by atoms with Gasteiger partial charge in [0.1, 0.15) is 0 Å². The van der Waals surface area contributed by atoms with Gasteiger partial charge in [-0.1, -0.05) is 6.42 Å². The van der Waals surface area contributed by atoms with E-state index in [2.05, 4.69) is 29.0 Å². The zero-order valence-corrected chi connectivity index (χ0v) is 11.7. The number of aryl methyl sites for hydroxylation is 1. The van der Waals surface area contributed by atoms with Gasteiger partial charge in [-0.2, -0.15) is 0 Å². The number of thiazole rings is 1. The minimum Gasteiger partial charge on any atom is -0.308 e. The normalized spacial score (nSPS) is 19.4. The predicted molar refractivity (Wildman–Crippen MR) is 73.6 cm³/mol. The molecule has 0 aromatic carbocycles. The van der Waals surface area contributed by atoms with Crippen molar-refractivity contribution in [3.05, 3.63) is 16.1 Å². The van der Waals surface area contributed by atoms with Crippen molar-refractivity contribution >= 4 is 11.3 Å². The van der Waals surface area contributed by atoms with Crippen LogP contribution in [-0.4, -0.2) is 36.1 Å². The lowest BCUT2D eigenvalue weighted by Crippen LogP contribution is -2.36. The number of rotatable bonds is 5. The smallest absolute Gasteiger partial charge is 0.0798 e. The molecule has 1 aliphatic heterocycles. The maximum Gasteiger partial charge on any atom is 0.0798 e. The first-order valence-electron chi connectivity index (χ1n) is 6.63. The number of hydrogen-bond donors (Lipinski definition) is 1. The van der Waals surface area contributed by atoms with E-state index >= 15 is 0 Å². The summed E-state index contributed by atoms with van der Waals surface area (Å²) in [7, 11) is 0. The highest BCUT2D eigenvalue weighted by Crippen LogP contribution is 2.20. The third kappa shape index (κ3) is 3.76. The maximum absolute atomic E-state index is 4.30. The van der Waals surface area contributed by atoms with Gasteiger partial charge in [0.15, 0.2) is 0 Å². The molecule has 17 heavy (non-hydrogen) atoms. The van der Waals surface area contributed by atoms with Gasteiger partial charge in [0, 0.05) is 24.0 Å². The number of aromatic nitrogens is 1. The molecule has 0 radical (unpaired) electrons. The van der Waals surface area contributed by atoms with Crippen LogP contribution in [0.4, 0.5) is 0 Å². The molecule has 1 N–H and O–H groups in total. The number of nitrogens with zero attached hydrogens (tertiary/aromatic N) is 2. The third-order valence-corrected chi connectivity index (χ3v) is 4.62. The molecule has 96 valence electrons. The van der Waals surface area contributed by atoms with Gasteiger partial charge in [0.25, 0.3) is 0 Å². The molecule has 0 saturated carbocycles. The maximum atomic E-state index is 4.30. The molecule has 0 bridgehead atoms. The van der Waals surface area contributed by atoms with Crippen LogP contribution < -0.4 is 5.32 Å². The van der Waals surface area contributed by atoms with E-state index in [1.165, 1.54) is 49.5 Å². The fourth-order valence-electron chi connectivity index (χ4n) is 2.44. The Morgan fingerprint density at radius 1 is 1.41 bits per heavy atom. The number of likely N-dealkylation sites (tertiary alicyclic amines) is 1. The Hall–Kier alpha value is -0.450. The van der Waals surface area contributed by atoms with Crippen LogP contribution in [0.15, 0.2) is 5.51 Å². The second-order valence-electron chi connectivity index (χ2n) is 4.88. The third-order valence-electron chi connectivity index (χ3n) is 3.50. The van der Waals surface area contributed by atoms with E-state index in [0.717, 1.165) is 6.54 Å². The fraction of sp³-hybridized carbons (Fsp3) is 0.769. The van der Waals surface area contributed by atoms with Gasteiger partial charge in [-0.25, -0.2) is 4.98 Å². The van der Waals surface area contributed by atoms with Crippen LogP contribution in [0.5, 0.6) is 0 Å². The summed E-state index contributed by atoms with van der Waals surface area (Å²) in [6.07, 6.45) is 4.17. The summed E-state index contributed by atoms with van der Waals surface area (Å²) >= 11 is 1.76. The van der Waals surface area contributed by atoms with Crippen LogP contribution in [0.1, 0.15) is 42.8 Å². The minimum atomic E-state index is 0.437. The molecular weight excluding hydrogens is 230 g/mol. The van der Waals surface area contributed by atoms with Gasteiger partial charge in [-0.3, -0.25) is 0 Å². The van der Waals surface area contributed by atoms with Gasteiger partial charge in [-0.15, -0.1) is 11.3 Å². The first-order valence-corrected chi connectivity index (χ1v) is 7.51. The Balaban J connectivity index is 1.69. The number of hydrogen-bond acceptors (Lipinski definition) is 4. The Morgan fingerprint density at radius 3 is 2.82 bits per heavy atom. The van der Waals surface area contributed by atoms with Crippen molar-refractivity contribution in [3.8, 4) is 0 Å². The van der Waals surface area contributed by atoms with Crippen LogP contribution >= 0.6 is 11.3 Å². The monoisotopic (exact) mass is 253 g/mol. The van der Waals surface area contributed by atoms with Crippen molar-refractivity contribution in [2.24, 2.45) is 0 Å².